The summed E-state index contributed by atoms with van der Waals surface area (Å²) in [5.41, 5.74) is 1.26. The number of fused-ring (bicyclic) bond motifs is 2. The number of amides is 1. The second-order valence-corrected chi connectivity index (χ2v) is 8.47. The van der Waals surface area contributed by atoms with Gasteiger partial charge in [0.25, 0.3) is 11.1 Å². The Bertz CT molecular complexity index is 1580. The smallest absolute Gasteiger partial charge is 0.349 e. The number of carbonyl (C=O) groups excluding carboxylic acids is 1. The number of hydrogen-bond donors (Lipinski definition) is 1. The molecule has 9 nitrogen and oxygen atoms in total. The van der Waals surface area contributed by atoms with E-state index in [0.717, 1.165) is 21.8 Å². The standard InChI is InChI=1S/C21H11N5O4S2/c22-9-11-5-6-14-16(7-11)32-20(23-14)24-17(27)10-31-21-26-25-18(30-21)13-8-12-3-1-2-4-15(12)29-19(13)28/h1-8H,10H2,(H,23,24,27). The van der Waals surface area contributed by atoms with Gasteiger partial charge in [-0.25, -0.2) is 9.78 Å². The van der Waals surface area contributed by atoms with Gasteiger partial charge < -0.3 is 14.2 Å². The van der Waals surface area contributed by atoms with Crippen molar-refractivity contribution in [2.45, 2.75) is 5.22 Å². The number of anilines is 1. The molecule has 5 rings (SSSR count). The normalized spacial score (nSPS) is 11.0. The molecule has 3 heterocycles. The summed E-state index contributed by atoms with van der Waals surface area (Å²) in [7, 11) is 0. The van der Waals surface area contributed by atoms with Gasteiger partial charge in [0.05, 0.1) is 27.6 Å². The molecule has 0 spiro atoms. The Balaban J connectivity index is 1.26. The monoisotopic (exact) mass is 461 g/mol. The molecule has 0 bridgehead atoms. The quantitative estimate of drug-likeness (QED) is 0.304. The highest BCUT2D eigenvalue weighted by atomic mass is 32.2. The molecule has 32 heavy (non-hydrogen) atoms. The number of benzene rings is 2. The van der Waals surface area contributed by atoms with Gasteiger partial charge in [-0.05, 0) is 30.3 Å². The zero-order valence-electron chi connectivity index (χ0n) is 16.1. The van der Waals surface area contributed by atoms with Crippen LogP contribution in [0.25, 0.3) is 32.6 Å². The summed E-state index contributed by atoms with van der Waals surface area (Å²) < 4.78 is 11.6. The van der Waals surface area contributed by atoms with Crippen molar-refractivity contribution >= 4 is 55.3 Å². The molecule has 0 saturated carbocycles. The van der Waals surface area contributed by atoms with Crippen LogP contribution in [0.1, 0.15) is 5.56 Å². The van der Waals surface area contributed by atoms with Crippen molar-refractivity contribution in [3.8, 4) is 17.5 Å². The topological polar surface area (TPSA) is 135 Å². The number of nitriles is 1. The first kappa shape index (κ1) is 19.9. The SMILES string of the molecule is N#Cc1ccc2nc(NC(=O)CSc3nnc(-c4cc5ccccc5oc4=O)o3)sc2c1. The lowest BCUT2D eigenvalue weighted by molar-refractivity contribution is -0.113. The van der Waals surface area contributed by atoms with E-state index in [1.807, 2.05) is 6.07 Å². The van der Waals surface area contributed by atoms with E-state index >= 15 is 0 Å². The lowest BCUT2D eigenvalue weighted by Gasteiger charge is -1.99. The van der Waals surface area contributed by atoms with E-state index < -0.39 is 5.63 Å². The fourth-order valence-electron chi connectivity index (χ4n) is 2.92. The second kappa shape index (κ2) is 8.26. The molecule has 156 valence electrons. The average Bonchev–Trinajstić information content (AvgIpc) is 3.43. The first-order valence-corrected chi connectivity index (χ1v) is 11.0. The van der Waals surface area contributed by atoms with Gasteiger partial charge in [0.15, 0.2) is 5.13 Å². The van der Waals surface area contributed by atoms with Crippen LogP contribution in [0.4, 0.5) is 5.13 Å². The summed E-state index contributed by atoms with van der Waals surface area (Å²) in [6, 6.07) is 15.9. The minimum Gasteiger partial charge on any atom is -0.422 e. The minimum absolute atomic E-state index is 0.00727. The lowest BCUT2D eigenvalue weighted by atomic mass is 10.2. The van der Waals surface area contributed by atoms with Crippen LogP contribution in [-0.4, -0.2) is 26.8 Å². The first-order chi connectivity index (χ1) is 15.6. The number of thioether (sulfide) groups is 1. The van der Waals surface area contributed by atoms with E-state index in [4.69, 9.17) is 14.1 Å². The molecule has 11 heteroatoms. The Morgan fingerprint density at radius 1 is 1.16 bits per heavy atom. The molecule has 0 radical (unpaired) electrons. The van der Waals surface area contributed by atoms with E-state index in [-0.39, 0.29) is 28.3 Å². The van der Waals surface area contributed by atoms with Gasteiger partial charge in [-0.2, -0.15) is 5.26 Å². The Morgan fingerprint density at radius 3 is 2.91 bits per heavy atom. The second-order valence-electron chi connectivity index (χ2n) is 6.51. The third kappa shape index (κ3) is 3.96. The molecule has 0 saturated heterocycles. The van der Waals surface area contributed by atoms with Crippen molar-refractivity contribution in [1.82, 2.24) is 15.2 Å². The summed E-state index contributed by atoms with van der Waals surface area (Å²) in [5.74, 6) is -0.278. The van der Waals surface area contributed by atoms with Gasteiger partial charge in [0.2, 0.25) is 5.91 Å². The van der Waals surface area contributed by atoms with Crippen LogP contribution in [-0.2, 0) is 4.79 Å². The zero-order valence-corrected chi connectivity index (χ0v) is 17.7. The van der Waals surface area contributed by atoms with Crippen molar-refractivity contribution in [3.05, 3.63) is 64.5 Å². The van der Waals surface area contributed by atoms with Crippen molar-refractivity contribution in [1.29, 1.82) is 5.26 Å². The number of carbonyl (C=O) groups is 1. The highest BCUT2D eigenvalue weighted by Crippen LogP contribution is 2.28. The van der Waals surface area contributed by atoms with E-state index in [2.05, 4.69) is 26.6 Å². The number of nitrogens with zero attached hydrogens (tertiary/aromatic N) is 4. The Labute approximate surface area is 187 Å². The van der Waals surface area contributed by atoms with Crippen LogP contribution >= 0.6 is 23.1 Å². The molecule has 0 aliphatic carbocycles. The molecule has 0 aliphatic heterocycles. The molecule has 2 aromatic carbocycles. The number of nitrogens with one attached hydrogen (secondary N) is 1. The van der Waals surface area contributed by atoms with Crippen molar-refractivity contribution in [2.24, 2.45) is 0 Å². The van der Waals surface area contributed by atoms with Crippen LogP contribution < -0.4 is 10.9 Å². The number of thiazole rings is 1. The summed E-state index contributed by atoms with van der Waals surface area (Å²) in [6.45, 7) is 0. The average molecular weight is 461 g/mol. The highest BCUT2D eigenvalue weighted by Gasteiger charge is 2.16. The van der Waals surface area contributed by atoms with Crippen LogP contribution in [0.2, 0.25) is 0 Å². The zero-order chi connectivity index (χ0) is 22.1. The van der Waals surface area contributed by atoms with Gasteiger partial charge in [-0.15, -0.1) is 10.2 Å². The minimum atomic E-state index is -0.586. The van der Waals surface area contributed by atoms with Crippen LogP contribution in [0, 0.1) is 11.3 Å². The molecular weight excluding hydrogens is 450 g/mol. The maximum atomic E-state index is 12.3. The molecule has 0 unspecified atom stereocenters. The van der Waals surface area contributed by atoms with Crippen molar-refractivity contribution in [3.63, 3.8) is 0 Å². The molecule has 0 atom stereocenters. The van der Waals surface area contributed by atoms with Crippen LogP contribution in [0.3, 0.4) is 0 Å². The van der Waals surface area contributed by atoms with Gasteiger partial charge in [-0.1, -0.05) is 41.3 Å². The summed E-state index contributed by atoms with van der Waals surface area (Å²) >= 11 is 2.32. The Morgan fingerprint density at radius 2 is 2.03 bits per heavy atom. The molecule has 0 aliphatic rings. The largest absolute Gasteiger partial charge is 0.422 e. The predicted octanol–water partition coefficient (Wildman–Crippen LogP) is 4.06. The Kier molecular flexibility index (Phi) is 5.14. The fourth-order valence-corrected chi connectivity index (χ4v) is 4.40. The molecule has 3 aromatic heterocycles. The third-order valence-electron chi connectivity index (χ3n) is 4.37. The van der Waals surface area contributed by atoms with E-state index in [1.165, 1.54) is 11.3 Å². The van der Waals surface area contributed by atoms with Gasteiger partial charge >= 0.3 is 5.63 Å². The molecule has 1 N–H and O–H groups in total. The predicted molar refractivity (Wildman–Crippen MR) is 119 cm³/mol. The number of rotatable bonds is 5. The fraction of sp³-hybridized carbons (Fsp3) is 0.0476. The highest BCUT2D eigenvalue weighted by molar-refractivity contribution is 7.99. The Hall–Kier alpha value is -4.01. The van der Waals surface area contributed by atoms with Crippen molar-refractivity contribution < 1.29 is 13.6 Å². The van der Waals surface area contributed by atoms with E-state index in [1.54, 1.807) is 42.5 Å². The van der Waals surface area contributed by atoms with Crippen LogP contribution in [0.15, 0.2) is 67.4 Å². The molecule has 0 fully saturated rings. The maximum absolute atomic E-state index is 12.3. The first-order valence-electron chi connectivity index (χ1n) is 9.19. The molecule has 1 amide bonds. The summed E-state index contributed by atoms with van der Waals surface area (Å²) in [4.78, 5) is 28.9. The summed E-state index contributed by atoms with van der Waals surface area (Å²) in [5, 5.41) is 20.8. The van der Waals surface area contributed by atoms with Gasteiger partial charge in [0, 0.05) is 5.39 Å². The maximum Gasteiger partial charge on any atom is 0.349 e. The van der Waals surface area contributed by atoms with E-state index in [9.17, 15) is 9.59 Å². The van der Waals surface area contributed by atoms with Crippen LogP contribution in [0.5, 0.6) is 0 Å². The lowest BCUT2D eigenvalue weighted by Crippen LogP contribution is -2.13. The molecular formula is C21H11N5O4S2. The number of hydrogen-bond acceptors (Lipinski definition) is 10. The van der Waals surface area contributed by atoms with Gasteiger partial charge in [0.1, 0.15) is 11.1 Å². The molecule has 5 aromatic rings. The van der Waals surface area contributed by atoms with Gasteiger partial charge in [-0.3, -0.25) is 4.79 Å². The number of para-hydroxylation sites is 1. The third-order valence-corrected chi connectivity index (χ3v) is 6.12. The summed E-state index contributed by atoms with van der Waals surface area (Å²) in [6.07, 6.45) is 0. The van der Waals surface area contributed by atoms with Crippen molar-refractivity contribution in [2.75, 3.05) is 11.1 Å². The number of aromatic nitrogens is 3. The van der Waals surface area contributed by atoms with E-state index in [0.29, 0.717) is 21.8 Å².